The molecule has 2 unspecified atom stereocenters. The zero-order chi connectivity index (χ0) is 14.0. The molecule has 1 fully saturated rings. The van der Waals surface area contributed by atoms with Crippen LogP contribution in [0.25, 0.3) is 0 Å². The van der Waals surface area contributed by atoms with E-state index in [-0.39, 0.29) is 12.1 Å². The van der Waals surface area contributed by atoms with E-state index < -0.39 is 5.60 Å². The molecule has 0 aliphatic heterocycles. The van der Waals surface area contributed by atoms with Gasteiger partial charge in [0.2, 0.25) is 0 Å². The van der Waals surface area contributed by atoms with Crippen molar-refractivity contribution >= 4 is 6.09 Å². The highest BCUT2D eigenvalue weighted by Gasteiger charge is 2.38. The van der Waals surface area contributed by atoms with E-state index in [1.807, 2.05) is 39.8 Å². The zero-order valence-corrected chi connectivity index (χ0v) is 11.9. The molecule has 19 heavy (non-hydrogen) atoms. The Hall–Kier alpha value is -1.49. The molecular weight excluding hydrogens is 244 g/mol. The fourth-order valence-electron chi connectivity index (χ4n) is 1.85. The van der Waals surface area contributed by atoms with Crippen LogP contribution in [0.1, 0.15) is 38.7 Å². The molecule has 0 spiro atoms. The summed E-state index contributed by atoms with van der Waals surface area (Å²) in [6.45, 7) is 8.18. The Morgan fingerprint density at radius 3 is 2.74 bits per heavy atom. The first-order chi connectivity index (χ1) is 8.83. The summed E-state index contributed by atoms with van der Waals surface area (Å²) >= 11 is 0. The number of hydrogen-bond donors (Lipinski definition) is 2. The van der Waals surface area contributed by atoms with Gasteiger partial charge in [-0.05, 0) is 46.2 Å². The second kappa shape index (κ2) is 5.25. The fourth-order valence-corrected chi connectivity index (χ4v) is 1.85. The van der Waals surface area contributed by atoms with Crippen LogP contribution < -0.4 is 10.6 Å². The number of ether oxygens (including phenoxy) is 1. The van der Waals surface area contributed by atoms with Crippen molar-refractivity contribution < 1.29 is 13.9 Å². The van der Waals surface area contributed by atoms with Crippen molar-refractivity contribution in [3.63, 3.8) is 0 Å². The van der Waals surface area contributed by atoms with Crippen molar-refractivity contribution in [1.29, 1.82) is 0 Å². The molecule has 0 bridgehead atoms. The Morgan fingerprint density at radius 2 is 2.16 bits per heavy atom. The molecule has 1 saturated carbocycles. The smallest absolute Gasteiger partial charge is 0.407 e. The summed E-state index contributed by atoms with van der Waals surface area (Å²) < 4.78 is 10.7. The predicted octanol–water partition coefficient (Wildman–Crippen LogP) is 2.34. The number of hydrogen-bond acceptors (Lipinski definition) is 4. The Kier molecular flexibility index (Phi) is 3.85. The molecule has 1 amide bonds. The average Bonchev–Trinajstić information content (AvgIpc) is 2.84. The minimum Gasteiger partial charge on any atom is -0.465 e. The van der Waals surface area contributed by atoms with Gasteiger partial charge in [-0.1, -0.05) is 0 Å². The first-order valence-corrected chi connectivity index (χ1v) is 6.62. The van der Waals surface area contributed by atoms with Crippen molar-refractivity contribution in [2.45, 2.75) is 58.3 Å². The molecule has 2 atom stereocenters. The summed E-state index contributed by atoms with van der Waals surface area (Å²) in [7, 11) is 0. The molecule has 2 N–H and O–H groups in total. The van der Waals surface area contributed by atoms with Crippen molar-refractivity contribution in [3.05, 3.63) is 23.7 Å². The van der Waals surface area contributed by atoms with E-state index in [0.717, 1.165) is 17.9 Å². The van der Waals surface area contributed by atoms with Crippen LogP contribution in [0.3, 0.4) is 0 Å². The number of nitrogens with one attached hydrogen (secondary N) is 2. The van der Waals surface area contributed by atoms with E-state index >= 15 is 0 Å². The van der Waals surface area contributed by atoms with Gasteiger partial charge in [-0.15, -0.1) is 0 Å². The van der Waals surface area contributed by atoms with Gasteiger partial charge in [-0.25, -0.2) is 4.79 Å². The highest BCUT2D eigenvalue weighted by atomic mass is 16.6. The van der Waals surface area contributed by atoms with Gasteiger partial charge in [-0.2, -0.15) is 0 Å². The summed E-state index contributed by atoms with van der Waals surface area (Å²) in [4.78, 5) is 11.6. The Balaban J connectivity index is 1.66. The van der Waals surface area contributed by atoms with Gasteiger partial charge >= 0.3 is 6.09 Å². The number of rotatable bonds is 4. The Bertz CT molecular complexity index is 448. The first kappa shape index (κ1) is 13.9. The number of carbonyl (C=O) groups excluding carboxylic acids is 1. The summed E-state index contributed by atoms with van der Waals surface area (Å²) in [5.41, 5.74) is -0.451. The van der Waals surface area contributed by atoms with E-state index in [9.17, 15) is 4.79 Å². The van der Waals surface area contributed by atoms with E-state index in [1.165, 1.54) is 0 Å². The normalized spacial score (nSPS) is 22.1. The molecule has 106 valence electrons. The molecule has 1 aromatic rings. The molecule has 0 aromatic carbocycles. The van der Waals surface area contributed by atoms with Crippen molar-refractivity contribution in [2.75, 3.05) is 0 Å². The van der Waals surface area contributed by atoms with Crippen LogP contribution in [-0.2, 0) is 11.3 Å². The van der Waals surface area contributed by atoms with Gasteiger partial charge in [0.15, 0.2) is 0 Å². The molecule has 0 saturated heterocycles. The summed E-state index contributed by atoms with van der Waals surface area (Å²) in [5.74, 6) is 1.83. The number of amides is 1. The highest BCUT2D eigenvalue weighted by Crippen LogP contribution is 2.22. The lowest BCUT2D eigenvalue weighted by Crippen LogP contribution is -2.36. The van der Waals surface area contributed by atoms with E-state index in [2.05, 4.69) is 10.6 Å². The lowest BCUT2D eigenvalue weighted by molar-refractivity contribution is 0.0522. The van der Waals surface area contributed by atoms with Gasteiger partial charge in [0.05, 0.1) is 6.54 Å². The van der Waals surface area contributed by atoms with Crippen LogP contribution in [0.5, 0.6) is 0 Å². The maximum Gasteiger partial charge on any atom is 0.407 e. The quantitative estimate of drug-likeness (QED) is 0.878. The molecule has 0 radical (unpaired) electrons. The predicted molar refractivity (Wildman–Crippen MR) is 71.8 cm³/mol. The standard InChI is InChI=1S/C14H22N2O3/c1-9-5-6-10(18-9)8-15-11-7-12(11)16-13(17)19-14(2,3)4/h5-6,11-12,15H,7-8H2,1-4H3,(H,16,17). The SMILES string of the molecule is Cc1ccc(CNC2CC2NC(=O)OC(C)(C)C)o1. The Morgan fingerprint density at radius 1 is 1.42 bits per heavy atom. The third-order valence-corrected chi connectivity index (χ3v) is 2.83. The highest BCUT2D eigenvalue weighted by molar-refractivity contribution is 5.68. The first-order valence-electron chi connectivity index (χ1n) is 6.62. The van der Waals surface area contributed by atoms with Gasteiger partial charge < -0.3 is 19.8 Å². The van der Waals surface area contributed by atoms with Gasteiger partial charge in [0, 0.05) is 12.1 Å². The topological polar surface area (TPSA) is 63.5 Å². The van der Waals surface area contributed by atoms with Gasteiger partial charge in [-0.3, -0.25) is 0 Å². The van der Waals surface area contributed by atoms with Crippen molar-refractivity contribution in [1.82, 2.24) is 10.6 Å². The Labute approximate surface area is 113 Å². The number of carbonyl (C=O) groups is 1. The lowest BCUT2D eigenvalue weighted by atomic mass is 10.2. The minimum atomic E-state index is -0.451. The van der Waals surface area contributed by atoms with Crippen LogP contribution in [0.2, 0.25) is 0 Å². The van der Waals surface area contributed by atoms with Crippen LogP contribution >= 0.6 is 0 Å². The molecule has 2 rings (SSSR count). The molecular formula is C14H22N2O3. The number of alkyl carbamates (subject to hydrolysis) is 1. The molecule has 1 heterocycles. The lowest BCUT2D eigenvalue weighted by Gasteiger charge is -2.19. The largest absolute Gasteiger partial charge is 0.465 e. The molecule has 1 aliphatic rings. The molecule has 5 nitrogen and oxygen atoms in total. The second-order valence-corrected chi connectivity index (χ2v) is 5.99. The molecule has 1 aliphatic carbocycles. The fraction of sp³-hybridized carbons (Fsp3) is 0.643. The monoisotopic (exact) mass is 266 g/mol. The van der Waals surface area contributed by atoms with E-state index in [0.29, 0.717) is 12.6 Å². The van der Waals surface area contributed by atoms with Crippen LogP contribution in [0.15, 0.2) is 16.5 Å². The summed E-state index contributed by atoms with van der Waals surface area (Å²) in [6, 6.07) is 4.37. The maximum atomic E-state index is 11.6. The number of aryl methyl sites for hydroxylation is 1. The second-order valence-electron chi connectivity index (χ2n) is 5.99. The zero-order valence-electron chi connectivity index (χ0n) is 11.9. The van der Waals surface area contributed by atoms with Crippen LogP contribution in [0, 0.1) is 6.92 Å². The van der Waals surface area contributed by atoms with E-state index in [1.54, 1.807) is 0 Å². The van der Waals surface area contributed by atoms with Crippen molar-refractivity contribution in [2.24, 2.45) is 0 Å². The third kappa shape index (κ3) is 4.59. The molecule has 1 aromatic heterocycles. The summed E-state index contributed by atoms with van der Waals surface area (Å²) in [5, 5.41) is 6.19. The van der Waals surface area contributed by atoms with Crippen LogP contribution in [-0.4, -0.2) is 23.8 Å². The molecule has 5 heteroatoms. The van der Waals surface area contributed by atoms with Gasteiger partial charge in [0.1, 0.15) is 17.1 Å². The van der Waals surface area contributed by atoms with Gasteiger partial charge in [0.25, 0.3) is 0 Å². The minimum absolute atomic E-state index is 0.158. The summed E-state index contributed by atoms with van der Waals surface area (Å²) in [6.07, 6.45) is 0.578. The van der Waals surface area contributed by atoms with Crippen molar-refractivity contribution in [3.8, 4) is 0 Å². The third-order valence-electron chi connectivity index (χ3n) is 2.83. The number of furan rings is 1. The van der Waals surface area contributed by atoms with E-state index in [4.69, 9.17) is 9.15 Å². The average molecular weight is 266 g/mol. The maximum absolute atomic E-state index is 11.6. The van der Waals surface area contributed by atoms with Crippen LogP contribution in [0.4, 0.5) is 4.79 Å².